The van der Waals surface area contributed by atoms with Crippen LogP contribution in [0, 0.1) is 5.82 Å². The van der Waals surface area contributed by atoms with Crippen molar-refractivity contribution >= 4 is 5.91 Å². The molecule has 2 rings (SSSR count). The number of hydrogen-bond donors (Lipinski definition) is 0. The van der Waals surface area contributed by atoms with E-state index in [-0.39, 0.29) is 17.8 Å². The Hall–Kier alpha value is -1.42. The Balaban J connectivity index is 2.12. The summed E-state index contributed by atoms with van der Waals surface area (Å²) >= 11 is 0. The Morgan fingerprint density at radius 3 is 3.06 bits per heavy atom. The third-order valence-corrected chi connectivity index (χ3v) is 2.60. The van der Waals surface area contributed by atoms with Crippen molar-refractivity contribution in [2.75, 3.05) is 19.7 Å². The SMILES string of the molecule is C[C@H]1CN(C(=O)c2cccc(F)c2)CCO1. The predicted octanol–water partition coefficient (Wildman–Crippen LogP) is 1.69. The van der Waals surface area contributed by atoms with Gasteiger partial charge in [0.2, 0.25) is 0 Å². The van der Waals surface area contributed by atoms with Crippen molar-refractivity contribution in [2.45, 2.75) is 13.0 Å². The number of morpholine rings is 1. The van der Waals surface area contributed by atoms with E-state index in [1.807, 2.05) is 6.92 Å². The summed E-state index contributed by atoms with van der Waals surface area (Å²) in [6.07, 6.45) is 0.0475. The molecule has 1 aliphatic rings. The molecule has 1 aromatic rings. The van der Waals surface area contributed by atoms with Crippen LogP contribution in [0.3, 0.4) is 0 Å². The van der Waals surface area contributed by atoms with Crippen LogP contribution in [0.2, 0.25) is 0 Å². The second kappa shape index (κ2) is 4.61. The number of carbonyl (C=O) groups excluding carboxylic acids is 1. The fourth-order valence-electron chi connectivity index (χ4n) is 1.81. The standard InChI is InChI=1S/C12H14FNO2/c1-9-8-14(5-6-16-9)12(15)10-3-2-4-11(13)7-10/h2-4,7,9H,5-6,8H2,1H3/t9-/m0/s1. The molecule has 4 heteroatoms. The van der Waals surface area contributed by atoms with Gasteiger partial charge in [-0.3, -0.25) is 4.79 Å². The molecule has 86 valence electrons. The van der Waals surface area contributed by atoms with Crippen LogP contribution in [-0.4, -0.2) is 36.6 Å². The molecule has 0 aromatic heterocycles. The van der Waals surface area contributed by atoms with E-state index in [1.54, 1.807) is 17.0 Å². The predicted molar refractivity (Wildman–Crippen MR) is 57.7 cm³/mol. The van der Waals surface area contributed by atoms with Gasteiger partial charge in [0.25, 0.3) is 5.91 Å². The van der Waals surface area contributed by atoms with Gasteiger partial charge in [0.1, 0.15) is 5.82 Å². The second-order valence-electron chi connectivity index (χ2n) is 3.94. The van der Waals surface area contributed by atoms with Gasteiger partial charge in [0.05, 0.1) is 12.7 Å². The van der Waals surface area contributed by atoms with Crippen LogP contribution in [0.5, 0.6) is 0 Å². The molecule has 16 heavy (non-hydrogen) atoms. The Labute approximate surface area is 93.8 Å². The maximum absolute atomic E-state index is 13.0. The average Bonchev–Trinajstić information content (AvgIpc) is 2.28. The topological polar surface area (TPSA) is 29.5 Å². The lowest BCUT2D eigenvalue weighted by atomic mass is 10.1. The van der Waals surface area contributed by atoms with Crippen molar-refractivity contribution in [3.05, 3.63) is 35.6 Å². The lowest BCUT2D eigenvalue weighted by molar-refractivity contribution is -0.0124. The molecule has 0 saturated carbocycles. The molecule has 1 amide bonds. The van der Waals surface area contributed by atoms with Crippen molar-refractivity contribution in [1.82, 2.24) is 4.90 Å². The lowest BCUT2D eigenvalue weighted by Crippen LogP contribution is -2.44. The molecule has 1 saturated heterocycles. The Bertz CT molecular complexity index is 394. The van der Waals surface area contributed by atoms with Crippen molar-refractivity contribution < 1.29 is 13.9 Å². The van der Waals surface area contributed by atoms with Crippen molar-refractivity contribution in [3.63, 3.8) is 0 Å². The summed E-state index contributed by atoms with van der Waals surface area (Å²) < 4.78 is 18.3. The smallest absolute Gasteiger partial charge is 0.254 e. The molecule has 1 fully saturated rings. The molecule has 3 nitrogen and oxygen atoms in total. The largest absolute Gasteiger partial charge is 0.375 e. The number of benzene rings is 1. The quantitative estimate of drug-likeness (QED) is 0.725. The van der Waals surface area contributed by atoms with Gasteiger partial charge in [0.15, 0.2) is 0 Å². The molecule has 1 aromatic carbocycles. The molecule has 0 radical (unpaired) electrons. The van der Waals surface area contributed by atoms with Gasteiger partial charge in [-0.15, -0.1) is 0 Å². The summed E-state index contributed by atoms with van der Waals surface area (Å²) in [7, 11) is 0. The minimum Gasteiger partial charge on any atom is -0.375 e. The number of hydrogen-bond acceptors (Lipinski definition) is 2. The Morgan fingerprint density at radius 1 is 1.56 bits per heavy atom. The van der Waals surface area contributed by atoms with Gasteiger partial charge in [0, 0.05) is 18.7 Å². The minimum atomic E-state index is -0.382. The number of amides is 1. The summed E-state index contributed by atoms with van der Waals surface area (Å²) in [6, 6.07) is 5.78. The van der Waals surface area contributed by atoms with Gasteiger partial charge >= 0.3 is 0 Å². The van der Waals surface area contributed by atoms with E-state index in [0.717, 1.165) is 0 Å². The molecule has 1 heterocycles. The first kappa shape index (κ1) is 11.1. The first-order valence-corrected chi connectivity index (χ1v) is 5.33. The lowest BCUT2D eigenvalue weighted by Gasteiger charge is -2.31. The highest BCUT2D eigenvalue weighted by atomic mass is 19.1. The molecule has 1 aliphatic heterocycles. The summed E-state index contributed by atoms with van der Waals surface area (Å²) in [5.41, 5.74) is 0.397. The highest BCUT2D eigenvalue weighted by molar-refractivity contribution is 5.94. The zero-order valence-electron chi connectivity index (χ0n) is 9.15. The Morgan fingerprint density at radius 2 is 2.38 bits per heavy atom. The zero-order valence-corrected chi connectivity index (χ0v) is 9.15. The van der Waals surface area contributed by atoms with Crippen LogP contribution in [0.1, 0.15) is 17.3 Å². The van der Waals surface area contributed by atoms with E-state index in [2.05, 4.69) is 0 Å². The highest BCUT2D eigenvalue weighted by Gasteiger charge is 2.22. The molecule has 0 N–H and O–H groups in total. The fraction of sp³-hybridized carbons (Fsp3) is 0.417. The highest BCUT2D eigenvalue weighted by Crippen LogP contribution is 2.11. The maximum Gasteiger partial charge on any atom is 0.254 e. The summed E-state index contributed by atoms with van der Waals surface area (Å²) in [4.78, 5) is 13.7. The number of halogens is 1. The molecule has 0 bridgehead atoms. The van der Waals surface area contributed by atoms with Gasteiger partial charge in [-0.25, -0.2) is 4.39 Å². The van der Waals surface area contributed by atoms with Crippen molar-refractivity contribution in [1.29, 1.82) is 0 Å². The van der Waals surface area contributed by atoms with E-state index in [1.165, 1.54) is 12.1 Å². The maximum atomic E-state index is 13.0. The molecule has 1 atom stereocenters. The summed E-state index contributed by atoms with van der Waals surface area (Å²) in [6.45, 7) is 3.60. The summed E-state index contributed by atoms with van der Waals surface area (Å²) in [5, 5.41) is 0. The van der Waals surface area contributed by atoms with Gasteiger partial charge in [-0.1, -0.05) is 6.07 Å². The normalized spacial score (nSPS) is 20.9. The van der Waals surface area contributed by atoms with Crippen LogP contribution in [0.4, 0.5) is 4.39 Å². The van der Waals surface area contributed by atoms with E-state index in [0.29, 0.717) is 25.3 Å². The molecule has 0 spiro atoms. The first-order chi connectivity index (χ1) is 7.66. The van der Waals surface area contributed by atoms with Gasteiger partial charge < -0.3 is 9.64 Å². The fourth-order valence-corrected chi connectivity index (χ4v) is 1.81. The van der Waals surface area contributed by atoms with E-state index in [9.17, 15) is 9.18 Å². The summed E-state index contributed by atoms with van der Waals surface area (Å²) in [5.74, 6) is -0.512. The third kappa shape index (κ3) is 2.39. The van der Waals surface area contributed by atoms with Crippen LogP contribution < -0.4 is 0 Å². The molecular weight excluding hydrogens is 209 g/mol. The molecule has 0 aliphatic carbocycles. The number of rotatable bonds is 1. The minimum absolute atomic E-state index is 0.0475. The van der Waals surface area contributed by atoms with Crippen LogP contribution in [0.25, 0.3) is 0 Å². The van der Waals surface area contributed by atoms with Crippen LogP contribution in [0.15, 0.2) is 24.3 Å². The zero-order chi connectivity index (χ0) is 11.5. The van der Waals surface area contributed by atoms with Crippen molar-refractivity contribution in [3.8, 4) is 0 Å². The average molecular weight is 223 g/mol. The number of ether oxygens (including phenoxy) is 1. The van der Waals surface area contributed by atoms with Gasteiger partial charge in [-0.2, -0.15) is 0 Å². The number of carbonyl (C=O) groups is 1. The second-order valence-corrected chi connectivity index (χ2v) is 3.94. The van der Waals surface area contributed by atoms with Crippen LogP contribution >= 0.6 is 0 Å². The van der Waals surface area contributed by atoms with Gasteiger partial charge in [-0.05, 0) is 25.1 Å². The monoisotopic (exact) mass is 223 g/mol. The first-order valence-electron chi connectivity index (χ1n) is 5.33. The van der Waals surface area contributed by atoms with E-state index < -0.39 is 0 Å². The molecule has 0 unspecified atom stereocenters. The number of nitrogens with zero attached hydrogens (tertiary/aromatic N) is 1. The third-order valence-electron chi connectivity index (χ3n) is 2.60. The van der Waals surface area contributed by atoms with Crippen LogP contribution in [-0.2, 0) is 4.74 Å². The van der Waals surface area contributed by atoms with E-state index >= 15 is 0 Å². The van der Waals surface area contributed by atoms with E-state index in [4.69, 9.17) is 4.74 Å². The Kier molecular flexibility index (Phi) is 3.19. The van der Waals surface area contributed by atoms with Crippen molar-refractivity contribution in [2.24, 2.45) is 0 Å². The molecular formula is C12H14FNO2.